The number of nitrogens with zero attached hydrogens (tertiary/aromatic N) is 2. The van der Waals surface area contributed by atoms with E-state index in [4.69, 9.17) is 21.4 Å². The van der Waals surface area contributed by atoms with Gasteiger partial charge in [-0.05, 0) is 13.8 Å². The van der Waals surface area contributed by atoms with Gasteiger partial charge in [0.05, 0.1) is 19.8 Å². The Morgan fingerprint density at radius 2 is 2.06 bits per heavy atom. The summed E-state index contributed by atoms with van der Waals surface area (Å²) in [6, 6.07) is 0. The maximum Gasteiger partial charge on any atom is 0.224 e. The second-order valence-electron chi connectivity index (χ2n) is 3.31. The number of aliphatic hydroxyl groups excluding tert-OH is 1. The molecule has 1 heterocycles. The number of rotatable bonds is 6. The molecule has 0 aliphatic heterocycles. The second kappa shape index (κ2) is 6.62. The van der Waals surface area contributed by atoms with E-state index in [0.29, 0.717) is 30.9 Å². The highest BCUT2D eigenvalue weighted by Gasteiger charge is 2.04. The molecular formula is C10H16ClN3O2. The Hall–Kier alpha value is -0.910. The summed E-state index contributed by atoms with van der Waals surface area (Å²) in [6.07, 6.45) is 0. The average Bonchev–Trinajstić information content (AvgIpc) is 2.25. The Kier molecular flexibility index (Phi) is 5.45. The summed E-state index contributed by atoms with van der Waals surface area (Å²) in [5.41, 5.74) is 1.75. The molecule has 0 radical (unpaired) electrons. The Bertz CT molecular complexity index is 324. The van der Waals surface area contributed by atoms with Gasteiger partial charge in [-0.2, -0.15) is 0 Å². The molecule has 90 valence electrons. The molecule has 0 aromatic carbocycles. The van der Waals surface area contributed by atoms with Crippen molar-refractivity contribution in [3.63, 3.8) is 0 Å². The van der Waals surface area contributed by atoms with Crippen molar-refractivity contribution in [2.75, 3.05) is 31.7 Å². The number of ether oxygens (including phenoxy) is 1. The van der Waals surface area contributed by atoms with Crippen LogP contribution >= 0.6 is 11.6 Å². The van der Waals surface area contributed by atoms with E-state index < -0.39 is 0 Å². The van der Waals surface area contributed by atoms with Crippen LogP contribution in [0.1, 0.15) is 11.3 Å². The molecule has 6 heteroatoms. The van der Waals surface area contributed by atoms with Gasteiger partial charge in [-0.3, -0.25) is 0 Å². The molecule has 16 heavy (non-hydrogen) atoms. The lowest BCUT2D eigenvalue weighted by Gasteiger charge is -2.08. The fourth-order valence-electron chi connectivity index (χ4n) is 1.07. The van der Waals surface area contributed by atoms with Crippen LogP contribution in [0.2, 0.25) is 5.15 Å². The van der Waals surface area contributed by atoms with Gasteiger partial charge in [-0.1, -0.05) is 11.6 Å². The Labute approximate surface area is 99.8 Å². The van der Waals surface area contributed by atoms with Gasteiger partial charge in [0.1, 0.15) is 5.15 Å². The average molecular weight is 246 g/mol. The number of halogens is 1. The van der Waals surface area contributed by atoms with E-state index in [2.05, 4.69) is 15.3 Å². The predicted octanol–water partition coefficient (Wildman–Crippen LogP) is 1.17. The van der Waals surface area contributed by atoms with Crippen molar-refractivity contribution < 1.29 is 9.84 Å². The van der Waals surface area contributed by atoms with Crippen molar-refractivity contribution in [3.05, 3.63) is 16.4 Å². The first-order valence-electron chi connectivity index (χ1n) is 5.08. The summed E-state index contributed by atoms with van der Waals surface area (Å²) in [5.74, 6) is 0.501. The monoisotopic (exact) mass is 245 g/mol. The van der Waals surface area contributed by atoms with E-state index in [1.165, 1.54) is 0 Å². The molecule has 1 rings (SSSR count). The normalized spacial score (nSPS) is 10.5. The fourth-order valence-corrected chi connectivity index (χ4v) is 1.29. The molecule has 0 atom stereocenters. The highest BCUT2D eigenvalue weighted by atomic mass is 35.5. The van der Waals surface area contributed by atoms with Crippen molar-refractivity contribution in [3.8, 4) is 0 Å². The molecular weight excluding hydrogens is 230 g/mol. The maximum absolute atomic E-state index is 8.50. The minimum atomic E-state index is 0.0337. The summed E-state index contributed by atoms with van der Waals surface area (Å²) >= 11 is 5.93. The SMILES string of the molecule is Cc1nc(NCCOCCO)nc(Cl)c1C. The van der Waals surface area contributed by atoms with Gasteiger partial charge in [-0.25, -0.2) is 9.97 Å². The van der Waals surface area contributed by atoms with Crippen LogP contribution < -0.4 is 5.32 Å². The number of anilines is 1. The van der Waals surface area contributed by atoms with Crippen molar-refractivity contribution in [2.45, 2.75) is 13.8 Å². The van der Waals surface area contributed by atoms with Gasteiger partial charge in [0.25, 0.3) is 0 Å². The highest BCUT2D eigenvalue weighted by molar-refractivity contribution is 6.30. The first kappa shape index (κ1) is 13.2. The van der Waals surface area contributed by atoms with E-state index in [0.717, 1.165) is 11.3 Å². The highest BCUT2D eigenvalue weighted by Crippen LogP contribution is 2.16. The third-order valence-corrected chi connectivity index (χ3v) is 2.46. The van der Waals surface area contributed by atoms with Crippen molar-refractivity contribution in [1.82, 2.24) is 9.97 Å². The molecule has 1 aromatic heterocycles. The summed E-state index contributed by atoms with van der Waals surface area (Å²) in [5, 5.41) is 12.0. The topological polar surface area (TPSA) is 67.3 Å². The predicted molar refractivity (Wildman–Crippen MR) is 62.9 cm³/mol. The molecule has 0 fully saturated rings. The lowest BCUT2D eigenvalue weighted by Crippen LogP contribution is -2.13. The van der Waals surface area contributed by atoms with Gasteiger partial charge in [-0.15, -0.1) is 0 Å². The zero-order chi connectivity index (χ0) is 12.0. The number of aliphatic hydroxyl groups is 1. The van der Waals surface area contributed by atoms with Crippen LogP contribution in [0.25, 0.3) is 0 Å². The van der Waals surface area contributed by atoms with Gasteiger partial charge >= 0.3 is 0 Å². The quantitative estimate of drug-likeness (QED) is 0.582. The van der Waals surface area contributed by atoms with Crippen LogP contribution in [0.5, 0.6) is 0 Å². The first-order chi connectivity index (χ1) is 7.65. The van der Waals surface area contributed by atoms with Crippen LogP contribution in [0, 0.1) is 13.8 Å². The molecule has 0 saturated carbocycles. The zero-order valence-electron chi connectivity index (χ0n) is 9.46. The Balaban J connectivity index is 2.43. The third-order valence-electron chi connectivity index (χ3n) is 2.09. The molecule has 2 N–H and O–H groups in total. The maximum atomic E-state index is 8.50. The number of aromatic nitrogens is 2. The Morgan fingerprint density at radius 1 is 1.31 bits per heavy atom. The van der Waals surface area contributed by atoms with E-state index in [9.17, 15) is 0 Å². The lowest BCUT2D eigenvalue weighted by atomic mass is 10.3. The molecule has 0 aliphatic rings. The molecule has 0 bridgehead atoms. The molecule has 0 unspecified atom stereocenters. The summed E-state index contributed by atoms with van der Waals surface area (Å²) in [7, 11) is 0. The smallest absolute Gasteiger partial charge is 0.224 e. The summed E-state index contributed by atoms with van der Waals surface area (Å²) in [4.78, 5) is 8.33. The fraction of sp³-hybridized carbons (Fsp3) is 0.600. The Morgan fingerprint density at radius 3 is 2.69 bits per heavy atom. The minimum Gasteiger partial charge on any atom is -0.394 e. The van der Waals surface area contributed by atoms with E-state index in [1.54, 1.807) is 0 Å². The molecule has 0 aliphatic carbocycles. The number of aryl methyl sites for hydroxylation is 1. The number of hydrogen-bond donors (Lipinski definition) is 2. The zero-order valence-corrected chi connectivity index (χ0v) is 10.2. The second-order valence-corrected chi connectivity index (χ2v) is 3.67. The van der Waals surface area contributed by atoms with Crippen molar-refractivity contribution in [1.29, 1.82) is 0 Å². The standard InChI is InChI=1S/C10H16ClN3O2/c1-7-8(2)13-10(14-9(7)11)12-3-5-16-6-4-15/h15H,3-6H2,1-2H3,(H,12,13,14). The molecule has 1 aromatic rings. The van der Waals surface area contributed by atoms with Crippen molar-refractivity contribution in [2.24, 2.45) is 0 Å². The number of hydrogen-bond acceptors (Lipinski definition) is 5. The lowest BCUT2D eigenvalue weighted by molar-refractivity contribution is 0.0991. The van der Waals surface area contributed by atoms with Crippen LogP contribution in [0.4, 0.5) is 5.95 Å². The van der Waals surface area contributed by atoms with E-state index in [-0.39, 0.29) is 6.61 Å². The van der Waals surface area contributed by atoms with Gasteiger partial charge in [0.15, 0.2) is 0 Å². The minimum absolute atomic E-state index is 0.0337. The van der Waals surface area contributed by atoms with Gasteiger partial charge in [0.2, 0.25) is 5.95 Å². The summed E-state index contributed by atoms with van der Waals surface area (Å²) < 4.78 is 5.09. The van der Waals surface area contributed by atoms with E-state index >= 15 is 0 Å². The summed E-state index contributed by atoms with van der Waals surface area (Å²) in [6.45, 7) is 5.22. The van der Waals surface area contributed by atoms with Crippen LogP contribution in [0.15, 0.2) is 0 Å². The van der Waals surface area contributed by atoms with Crippen LogP contribution in [-0.4, -0.2) is 41.4 Å². The van der Waals surface area contributed by atoms with Crippen molar-refractivity contribution >= 4 is 17.5 Å². The molecule has 5 nitrogen and oxygen atoms in total. The molecule has 0 amide bonds. The van der Waals surface area contributed by atoms with Gasteiger partial charge in [0, 0.05) is 17.8 Å². The third kappa shape index (κ3) is 3.92. The van der Waals surface area contributed by atoms with E-state index in [1.807, 2.05) is 13.8 Å². The molecule has 0 saturated heterocycles. The van der Waals surface area contributed by atoms with Crippen LogP contribution in [-0.2, 0) is 4.74 Å². The number of nitrogens with one attached hydrogen (secondary N) is 1. The van der Waals surface area contributed by atoms with Gasteiger partial charge < -0.3 is 15.2 Å². The largest absolute Gasteiger partial charge is 0.394 e. The van der Waals surface area contributed by atoms with Crippen LogP contribution in [0.3, 0.4) is 0 Å². The first-order valence-corrected chi connectivity index (χ1v) is 5.46. The molecule has 0 spiro atoms.